The highest BCUT2D eigenvalue weighted by Gasteiger charge is 2.14. The Morgan fingerprint density at radius 2 is 2.12 bits per heavy atom. The van der Waals surface area contributed by atoms with Crippen molar-refractivity contribution in [2.24, 2.45) is 0 Å². The molecular weight excluding hydrogens is 207 g/mol. The molecule has 0 spiro atoms. The van der Waals surface area contributed by atoms with Gasteiger partial charge in [0.2, 0.25) is 0 Å². The number of rotatable bonds is 2. The van der Waals surface area contributed by atoms with Gasteiger partial charge < -0.3 is 10.3 Å². The van der Waals surface area contributed by atoms with E-state index in [0.717, 1.165) is 0 Å². The van der Waals surface area contributed by atoms with Crippen molar-refractivity contribution in [2.45, 2.75) is 19.9 Å². The zero-order valence-electron chi connectivity index (χ0n) is 9.18. The van der Waals surface area contributed by atoms with Gasteiger partial charge in [0, 0.05) is 11.6 Å². The smallest absolute Gasteiger partial charge is 0.166 e. The normalized spacial score (nSPS) is 11.0. The standard InChI is InChI=1S/C11H13FN4/c1-7(2)16-6-14-15-11(16)8-4-3-5-9(12)10(8)13/h3-7H,13H2,1-2H3. The summed E-state index contributed by atoms with van der Waals surface area (Å²) in [5.41, 5.74) is 6.37. The number of aromatic nitrogens is 3. The van der Waals surface area contributed by atoms with E-state index < -0.39 is 5.82 Å². The molecule has 0 aliphatic carbocycles. The molecule has 4 nitrogen and oxygen atoms in total. The molecule has 5 heteroatoms. The predicted molar refractivity (Wildman–Crippen MR) is 60.2 cm³/mol. The van der Waals surface area contributed by atoms with Crippen LogP contribution in [0.2, 0.25) is 0 Å². The van der Waals surface area contributed by atoms with Crippen molar-refractivity contribution in [2.75, 3.05) is 5.73 Å². The zero-order valence-corrected chi connectivity index (χ0v) is 9.18. The van der Waals surface area contributed by atoms with Gasteiger partial charge in [0.25, 0.3) is 0 Å². The van der Waals surface area contributed by atoms with E-state index >= 15 is 0 Å². The molecule has 0 fully saturated rings. The molecule has 0 saturated carbocycles. The van der Waals surface area contributed by atoms with E-state index in [9.17, 15) is 4.39 Å². The molecule has 0 saturated heterocycles. The molecule has 0 unspecified atom stereocenters. The van der Waals surface area contributed by atoms with Crippen LogP contribution in [-0.4, -0.2) is 14.8 Å². The Morgan fingerprint density at radius 1 is 1.38 bits per heavy atom. The lowest BCUT2D eigenvalue weighted by atomic mass is 10.1. The summed E-state index contributed by atoms with van der Waals surface area (Å²) < 4.78 is 15.2. The van der Waals surface area contributed by atoms with Crippen molar-refractivity contribution in [3.8, 4) is 11.4 Å². The molecule has 0 atom stereocenters. The number of halogens is 1. The second kappa shape index (κ2) is 3.92. The summed E-state index contributed by atoms with van der Waals surface area (Å²) in [5, 5.41) is 7.80. The lowest BCUT2D eigenvalue weighted by Crippen LogP contribution is -2.04. The summed E-state index contributed by atoms with van der Waals surface area (Å²) in [4.78, 5) is 0. The second-order valence-electron chi connectivity index (χ2n) is 3.86. The molecule has 0 bridgehead atoms. The minimum absolute atomic E-state index is 0.109. The summed E-state index contributed by atoms with van der Waals surface area (Å²) >= 11 is 0. The molecule has 1 heterocycles. The number of hydrogen-bond donors (Lipinski definition) is 1. The average Bonchev–Trinajstić information content (AvgIpc) is 2.70. The van der Waals surface area contributed by atoms with Crippen LogP contribution in [-0.2, 0) is 0 Å². The van der Waals surface area contributed by atoms with Gasteiger partial charge in [0.15, 0.2) is 5.82 Å². The number of anilines is 1. The molecular formula is C11H13FN4. The summed E-state index contributed by atoms with van der Waals surface area (Å²) in [6.45, 7) is 4.00. The van der Waals surface area contributed by atoms with Gasteiger partial charge in [-0.3, -0.25) is 0 Å². The van der Waals surface area contributed by atoms with Gasteiger partial charge in [0.05, 0.1) is 5.69 Å². The highest BCUT2D eigenvalue weighted by molar-refractivity contribution is 5.71. The van der Waals surface area contributed by atoms with Gasteiger partial charge in [0.1, 0.15) is 12.1 Å². The lowest BCUT2D eigenvalue weighted by Gasteiger charge is -2.11. The SMILES string of the molecule is CC(C)n1cnnc1-c1cccc(F)c1N. The minimum Gasteiger partial charge on any atom is -0.396 e. The van der Waals surface area contributed by atoms with Gasteiger partial charge in [-0.1, -0.05) is 6.07 Å². The Bertz CT molecular complexity index is 504. The van der Waals surface area contributed by atoms with E-state index in [0.29, 0.717) is 11.4 Å². The Labute approximate surface area is 92.9 Å². The average molecular weight is 220 g/mol. The van der Waals surface area contributed by atoms with E-state index in [4.69, 9.17) is 5.73 Å². The molecule has 2 N–H and O–H groups in total. The number of para-hydroxylation sites is 1. The maximum Gasteiger partial charge on any atom is 0.166 e. The predicted octanol–water partition coefficient (Wildman–Crippen LogP) is 2.25. The zero-order chi connectivity index (χ0) is 11.7. The number of nitrogen functional groups attached to an aromatic ring is 1. The largest absolute Gasteiger partial charge is 0.396 e. The van der Waals surface area contributed by atoms with Crippen LogP contribution in [0.4, 0.5) is 10.1 Å². The van der Waals surface area contributed by atoms with Gasteiger partial charge >= 0.3 is 0 Å². The highest BCUT2D eigenvalue weighted by atomic mass is 19.1. The number of hydrogen-bond acceptors (Lipinski definition) is 3. The third-order valence-electron chi connectivity index (χ3n) is 2.42. The van der Waals surface area contributed by atoms with Crippen molar-refractivity contribution in [3.05, 3.63) is 30.3 Å². The van der Waals surface area contributed by atoms with E-state index in [2.05, 4.69) is 10.2 Å². The fourth-order valence-corrected chi connectivity index (χ4v) is 1.55. The van der Waals surface area contributed by atoms with Gasteiger partial charge in [-0.15, -0.1) is 10.2 Å². The van der Waals surface area contributed by atoms with E-state index in [1.54, 1.807) is 18.5 Å². The Kier molecular flexibility index (Phi) is 2.60. The van der Waals surface area contributed by atoms with Crippen LogP contribution in [0.25, 0.3) is 11.4 Å². The maximum atomic E-state index is 13.3. The topological polar surface area (TPSA) is 56.7 Å². The number of nitrogens with two attached hydrogens (primary N) is 1. The molecule has 2 aromatic rings. The summed E-state index contributed by atoms with van der Waals surface area (Å²) in [6, 6.07) is 4.88. The van der Waals surface area contributed by atoms with Gasteiger partial charge in [-0.25, -0.2) is 4.39 Å². The maximum absolute atomic E-state index is 13.3. The minimum atomic E-state index is -0.434. The van der Waals surface area contributed by atoms with Crippen molar-refractivity contribution in [1.29, 1.82) is 0 Å². The Balaban J connectivity index is 2.59. The van der Waals surface area contributed by atoms with Crippen LogP contribution in [0.5, 0.6) is 0 Å². The van der Waals surface area contributed by atoms with Crippen LogP contribution in [0.15, 0.2) is 24.5 Å². The third kappa shape index (κ3) is 1.64. The quantitative estimate of drug-likeness (QED) is 0.790. The Hall–Kier alpha value is -1.91. The number of benzene rings is 1. The first-order chi connectivity index (χ1) is 7.61. The van der Waals surface area contributed by atoms with Gasteiger partial charge in [-0.05, 0) is 26.0 Å². The molecule has 16 heavy (non-hydrogen) atoms. The summed E-state index contributed by atoms with van der Waals surface area (Å²) in [7, 11) is 0. The summed E-state index contributed by atoms with van der Waals surface area (Å²) in [5.74, 6) is 0.155. The van der Waals surface area contributed by atoms with Crippen LogP contribution < -0.4 is 5.73 Å². The van der Waals surface area contributed by atoms with Crippen molar-refractivity contribution in [3.63, 3.8) is 0 Å². The summed E-state index contributed by atoms with van der Waals surface area (Å²) in [6.07, 6.45) is 1.62. The van der Waals surface area contributed by atoms with Crippen LogP contribution >= 0.6 is 0 Å². The third-order valence-corrected chi connectivity index (χ3v) is 2.42. The molecule has 0 amide bonds. The van der Waals surface area contributed by atoms with Crippen LogP contribution in [0, 0.1) is 5.82 Å². The van der Waals surface area contributed by atoms with Crippen molar-refractivity contribution < 1.29 is 4.39 Å². The van der Waals surface area contributed by atoms with Gasteiger partial charge in [-0.2, -0.15) is 0 Å². The molecule has 1 aromatic heterocycles. The van der Waals surface area contributed by atoms with E-state index in [-0.39, 0.29) is 11.7 Å². The first kappa shape index (κ1) is 10.6. The Morgan fingerprint density at radius 3 is 2.81 bits per heavy atom. The molecule has 0 aliphatic heterocycles. The fraction of sp³-hybridized carbons (Fsp3) is 0.273. The van der Waals surface area contributed by atoms with E-state index in [1.807, 2.05) is 18.4 Å². The highest BCUT2D eigenvalue weighted by Crippen LogP contribution is 2.27. The monoisotopic (exact) mass is 220 g/mol. The van der Waals surface area contributed by atoms with Crippen molar-refractivity contribution >= 4 is 5.69 Å². The lowest BCUT2D eigenvalue weighted by molar-refractivity contribution is 0.603. The first-order valence-corrected chi connectivity index (χ1v) is 5.05. The molecule has 1 aromatic carbocycles. The van der Waals surface area contributed by atoms with E-state index in [1.165, 1.54) is 6.07 Å². The first-order valence-electron chi connectivity index (χ1n) is 5.05. The molecule has 0 radical (unpaired) electrons. The molecule has 0 aliphatic rings. The van der Waals surface area contributed by atoms with Crippen LogP contribution in [0.3, 0.4) is 0 Å². The molecule has 2 rings (SSSR count). The number of nitrogens with zero attached hydrogens (tertiary/aromatic N) is 3. The van der Waals surface area contributed by atoms with Crippen molar-refractivity contribution in [1.82, 2.24) is 14.8 Å². The van der Waals surface area contributed by atoms with Crippen LogP contribution in [0.1, 0.15) is 19.9 Å². The molecule has 84 valence electrons. The fourth-order valence-electron chi connectivity index (χ4n) is 1.55. The second-order valence-corrected chi connectivity index (χ2v) is 3.86.